The molecule has 2 heterocycles. The van der Waals surface area contributed by atoms with Gasteiger partial charge in [-0.1, -0.05) is 41.0 Å². The number of hydrogen-bond acceptors (Lipinski definition) is 5. The van der Waals surface area contributed by atoms with Gasteiger partial charge >= 0.3 is 0 Å². The zero-order valence-corrected chi connectivity index (χ0v) is 16.4. The number of aromatic nitrogens is 4. The zero-order chi connectivity index (χ0) is 19.2. The Kier molecular flexibility index (Phi) is 6.49. The molecular formula is C18H15Cl2N5OS. The molecule has 2 aromatic heterocycles. The maximum Gasteiger partial charge on any atom is 0.234 e. The predicted octanol–water partition coefficient (Wildman–Crippen LogP) is 4.56. The SMILES string of the molecule is C=CCn1c(SCC(=O)Nc2cc(Cl)ccc2Cl)nnc1-c1ccncc1. The maximum absolute atomic E-state index is 12.3. The van der Waals surface area contributed by atoms with E-state index in [1.165, 1.54) is 11.8 Å². The van der Waals surface area contributed by atoms with Crippen molar-refractivity contribution < 1.29 is 4.79 Å². The molecule has 0 aliphatic carbocycles. The summed E-state index contributed by atoms with van der Waals surface area (Å²) in [6.45, 7) is 4.30. The lowest BCUT2D eigenvalue weighted by molar-refractivity contribution is -0.113. The van der Waals surface area contributed by atoms with Gasteiger partial charge in [0, 0.05) is 29.5 Å². The molecule has 0 atom stereocenters. The fourth-order valence-corrected chi connectivity index (χ4v) is 3.40. The van der Waals surface area contributed by atoms with Crippen LogP contribution in [0.5, 0.6) is 0 Å². The summed E-state index contributed by atoms with van der Waals surface area (Å²) in [4.78, 5) is 16.3. The minimum atomic E-state index is -0.220. The summed E-state index contributed by atoms with van der Waals surface area (Å²) in [5, 5.41) is 12.7. The summed E-state index contributed by atoms with van der Waals surface area (Å²) in [6, 6.07) is 8.60. The van der Waals surface area contributed by atoms with Crippen molar-refractivity contribution in [3.8, 4) is 11.4 Å². The second-order valence-electron chi connectivity index (χ2n) is 5.40. The number of rotatable bonds is 7. The molecule has 0 aliphatic heterocycles. The maximum atomic E-state index is 12.3. The summed E-state index contributed by atoms with van der Waals surface area (Å²) < 4.78 is 1.90. The Balaban J connectivity index is 1.72. The van der Waals surface area contributed by atoms with Gasteiger partial charge in [0.1, 0.15) is 0 Å². The van der Waals surface area contributed by atoms with Gasteiger partial charge < -0.3 is 5.32 Å². The van der Waals surface area contributed by atoms with Crippen LogP contribution in [0.1, 0.15) is 0 Å². The number of nitrogens with one attached hydrogen (secondary N) is 1. The van der Waals surface area contributed by atoms with E-state index in [9.17, 15) is 4.79 Å². The number of amides is 1. The fourth-order valence-electron chi connectivity index (χ4n) is 2.31. The largest absolute Gasteiger partial charge is 0.324 e. The number of allylic oxidation sites excluding steroid dienone is 1. The van der Waals surface area contributed by atoms with E-state index in [4.69, 9.17) is 23.2 Å². The van der Waals surface area contributed by atoms with Crippen molar-refractivity contribution in [1.82, 2.24) is 19.7 Å². The third-order valence-electron chi connectivity index (χ3n) is 3.50. The molecule has 0 saturated heterocycles. The van der Waals surface area contributed by atoms with Gasteiger partial charge in [0.15, 0.2) is 11.0 Å². The number of carbonyl (C=O) groups excluding carboxylic acids is 1. The second kappa shape index (κ2) is 9.03. The van der Waals surface area contributed by atoms with Crippen LogP contribution in [0.3, 0.4) is 0 Å². The van der Waals surface area contributed by atoms with E-state index >= 15 is 0 Å². The van der Waals surface area contributed by atoms with E-state index in [0.717, 1.165) is 5.56 Å². The second-order valence-corrected chi connectivity index (χ2v) is 7.19. The quantitative estimate of drug-likeness (QED) is 0.448. The molecule has 0 unspecified atom stereocenters. The standard InChI is InChI=1S/C18H15Cl2N5OS/c1-2-9-25-17(12-5-7-21-8-6-12)23-24-18(25)27-11-16(26)22-15-10-13(19)3-4-14(15)20/h2-8,10H,1,9,11H2,(H,22,26). The topological polar surface area (TPSA) is 72.7 Å². The normalized spacial score (nSPS) is 10.6. The number of pyridine rings is 1. The molecule has 3 aromatic rings. The number of nitrogens with zero attached hydrogens (tertiary/aromatic N) is 4. The molecule has 0 fully saturated rings. The van der Waals surface area contributed by atoms with Crippen molar-refractivity contribution in [3.05, 3.63) is 65.4 Å². The number of anilines is 1. The van der Waals surface area contributed by atoms with Crippen molar-refractivity contribution in [3.63, 3.8) is 0 Å². The highest BCUT2D eigenvalue weighted by atomic mass is 35.5. The van der Waals surface area contributed by atoms with Crippen molar-refractivity contribution in [2.24, 2.45) is 0 Å². The minimum Gasteiger partial charge on any atom is -0.324 e. The van der Waals surface area contributed by atoms with Gasteiger partial charge in [-0.3, -0.25) is 14.3 Å². The highest BCUT2D eigenvalue weighted by molar-refractivity contribution is 7.99. The Morgan fingerprint density at radius 3 is 2.74 bits per heavy atom. The molecule has 1 N–H and O–H groups in total. The van der Waals surface area contributed by atoms with Crippen LogP contribution in [0.2, 0.25) is 10.0 Å². The lowest BCUT2D eigenvalue weighted by Gasteiger charge is -2.09. The fraction of sp³-hybridized carbons (Fsp3) is 0.111. The van der Waals surface area contributed by atoms with Crippen molar-refractivity contribution in [2.45, 2.75) is 11.7 Å². The minimum absolute atomic E-state index is 0.147. The van der Waals surface area contributed by atoms with Crippen LogP contribution < -0.4 is 5.32 Å². The number of benzene rings is 1. The molecule has 0 bridgehead atoms. The van der Waals surface area contributed by atoms with Crippen molar-refractivity contribution in [2.75, 3.05) is 11.1 Å². The number of hydrogen-bond donors (Lipinski definition) is 1. The van der Waals surface area contributed by atoms with Crippen molar-refractivity contribution in [1.29, 1.82) is 0 Å². The molecule has 1 amide bonds. The first-order chi connectivity index (χ1) is 13.1. The van der Waals surface area contributed by atoms with Gasteiger partial charge in [0.25, 0.3) is 0 Å². The Morgan fingerprint density at radius 2 is 2.00 bits per heavy atom. The molecule has 0 spiro atoms. The van der Waals surface area contributed by atoms with E-state index in [1.807, 2.05) is 16.7 Å². The third kappa shape index (κ3) is 4.88. The molecule has 3 rings (SSSR count). The van der Waals surface area contributed by atoms with E-state index in [2.05, 4.69) is 27.1 Å². The average Bonchev–Trinajstić information content (AvgIpc) is 3.07. The average molecular weight is 420 g/mol. The number of halogens is 2. The molecular weight excluding hydrogens is 405 g/mol. The highest BCUT2D eigenvalue weighted by Crippen LogP contribution is 2.27. The van der Waals surface area contributed by atoms with Crippen LogP contribution in [-0.2, 0) is 11.3 Å². The van der Waals surface area contributed by atoms with Crippen LogP contribution in [-0.4, -0.2) is 31.4 Å². The van der Waals surface area contributed by atoms with E-state index in [-0.39, 0.29) is 11.7 Å². The Hall–Kier alpha value is -2.35. The molecule has 1 aromatic carbocycles. The summed E-state index contributed by atoms with van der Waals surface area (Å²) in [6.07, 6.45) is 5.14. The predicted molar refractivity (Wildman–Crippen MR) is 109 cm³/mol. The van der Waals surface area contributed by atoms with Crippen LogP contribution >= 0.6 is 35.0 Å². The zero-order valence-electron chi connectivity index (χ0n) is 14.1. The van der Waals surface area contributed by atoms with Gasteiger partial charge in [-0.15, -0.1) is 16.8 Å². The lowest BCUT2D eigenvalue weighted by Crippen LogP contribution is -2.15. The van der Waals surface area contributed by atoms with Gasteiger partial charge in [0.05, 0.1) is 16.5 Å². The van der Waals surface area contributed by atoms with Crippen LogP contribution in [0.15, 0.2) is 60.5 Å². The van der Waals surface area contributed by atoms with E-state index in [1.54, 1.807) is 36.7 Å². The smallest absolute Gasteiger partial charge is 0.234 e. The third-order valence-corrected chi connectivity index (χ3v) is 5.03. The summed E-state index contributed by atoms with van der Waals surface area (Å²) in [5.74, 6) is 0.620. The Bertz CT molecular complexity index is 962. The number of carbonyl (C=O) groups is 1. The lowest BCUT2D eigenvalue weighted by atomic mass is 10.2. The summed E-state index contributed by atoms with van der Waals surface area (Å²) >= 11 is 13.3. The van der Waals surface area contributed by atoms with Crippen LogP contribution in [0.4, 0.5) is 5.69 Å². The van der Waals surface area contributed by atoms with Gasteiger partial charge in [-0.25, -0.2) is 0 Å². The van der Waals surface area contributed by atoms with Gasteiger partial charge in [-0.05, 0) is 30.3 Å². The summed E-state index contributed by atoms with van der Waals surface area (Å²) in [7, 11) is 0. The van der Waals surface area contributed by atoms with Crippen molar-refractivity contribution >= 4 is 46.6 Å². The monoisotopic (exact) mass is 419 g/mol. The molecule has 9 heteroatoms. The molecule has 0 radical (unpaired) electrons. The molecule has 27 heavy (non-hydrogen) atoms. The first-order valence-corrected chi connectivity index (χ1v) is 9.65. The molecule has 138 valence electrons. The van der Waals surface area contributed by atoms with Crippen LogP contribution in [0, 0.1) is 0 Å². The van der Waals surface area contributed by atoms with E-state index in [0.29, 0.717) is 33.3 Å². The molecule has 0 saturated carbocycles. The summed E-state index contributed by atoms with van der Waals surface area (Å²) in [5.41, 5.74) is 1.36. The molecule has 6 nitrogen and oxygen atoms in total. The van der Waals surface area contributed by atoms with Crippen LogP contribution in [0.25, 0.3) is 11.4 Å². The Labute approximate surface area is 170 Å². The Morgan fingerprint density at radius 1 is 1.22 bits per heavy atom. The highest BCUT2D eigenvalue weighted by Gasteiger charge is 2.15. The number of thioether (sulfide) groups is 1. The van der Waals surface area contributed by atoms with Gasteiger partial charge in [-0.2, -0.15) is 0 Å². The van der Waals surface area contributed by atoms with Gasteiger partial charge in [0.2, 0.25) is 5.91 Å². The van der Waals surface area contributed by atoms with E-state index < -0.39 is 0 Å². The molecule has 0 aliphatic rings. The first kappa shape index (κ1) is 19.4. The first-order valence-electron chi connectivity index (χ1n) is 7.90.